The number of carboxylic acid groups (broad SMARTS) is 1. The molecule has 1 saturated carbocycles. The molecular formula is C14H16O2. The first-order valence-corrected chi connectivity index (χ1v) is 5.66. The van der Waals surface area contributed by atoms with Gasteiger partial charge in [0.15, 0.2) is 0 Å². The van der Waals surface area contributed by atoms with Crippen LogP contribution in [0.15, 0.2) is 36.4 Å². The van der Waals surface area contributed by atoms with Gasteiger partial charge in [0, 0.05) is 0 Å². The van der Waals surface area contributed by atoms with Gasteiger partial charge in [-0.25, -0.2) is 0 Å². The topological polar surface area (TPSA) is 37.3 Å². The van der Waals surface area contributed by atoms with Crippen LogP contribution in [-0.2, 0) is 4.79 Å². The van der Waals surface area contributed by atoms with E-state index in [1.165, 1.54) is 0 Å². The summed E-state index contributed by atoms with van der Waals surface area (Å²) in [5.74, 6) is -0.697. The Labute approximate surface area is 95.6 Å². The molecule has 0 atom stereocenters. The molecule has 1 aliphatic carbocycles. The lowest BCUT2D eigenvalue weighted by Gasteiger charge is -2.38. The van der Waals surface area contributed by atoms with Gasteiger partial charge < -0.3 is 5.11 Å². The zero-order chi connectivity index (χ0) is 11.4. The van der Waals surface area contributed by atoms with Crippen LogP contribution in [0, 0.1) is 5.41 Å². The van der Waals surface area contributed by atoms with Crippen molar-refractivity contribution in [3.8, 4) is 0 Å². The van der Waals surface area contributed by atoms with Gasteiger partial charge in [0.25, 0.3) is 0 Å². The van der Waals surface area contributed by atoms with Crippen molar-refractivity contribution in [3.63, 3.8) is 0 Å². The molecule has 2 nitrogen and oxygen atoms in total. The Morgan fingerprint density at radius 3 is 2.50 bits per heavy atom. The first-order valence-electron chi connectivity index (χ1n) is 5.66. The number of aliphatic carboxylic acids is 1. The smallest absolute Gasteiger partial charge is 0.304 e. The van der Waals surface area contributed by atoms with Crippen LogP contribution in [0.5, 0.6) is 0 Å². The third-order valence-electron chi connectivity index (χ3n) is 3.28. The van der Waals surface area contributed by atoms with E-state index in [2.05, 4.69) is 6.08 Å². The molecule has 1 N–H and O–H groups in total. The first-order chi connectivity index (χ1) is 7.70. The molecule has 1 fully saturated rings. The van der Waals surface area contributed by atoms with Crippen LogP contribution >= 0.6 is 0 Å². The summed E-state index contributed by atoms with van der Waals surface area (Å²) in [4.78, 5) is 10.8. The Morgan fingerprint density at radius 2 is 2.00 bits per heavy atom. The summed E-state index contributed by atoms with van der Waals surface area (Å²) in [6.07, 6.45) is 7.54. The standard InChI is InChI=1S/C14H16O2/c15-13(16)11-14(8-4-9-14)10-7-12-5-2-1-3-6-12/h1-3,5-7,10H,4,8-9,11H2,(H,15,16)/b10-7+. The van der Waals surface area contributed by atoms with Crippen molar-refractivity contribution in [2.75, 3.05) is 0 Å². The molecule has 0 unspecified atom stereocenters. The summed E-state index contributed by atoms with van der Waals surface area (Å²) in [6.45, 7) is 0. The summed E-state index contributed by atoms with van der Waals surface area (Å²) in [5, 5.41) is 8.88. The van der Waals surface area contributed by atoms with Gasteiger partial charge in [-0.15, -0.1) is 0 Å². The highest BCUT2D eigenvalue weighted by Crippen LogP contribution is 2.45. The molecule has 84 valence electrons. The molecule has 0 heterocycles. The van der Waals surface area contributed by atoms with E-state index >= 15 is 0 Å². The van der Waals surface area contributed by atoms with Crippen LogP contribution in [0.1, 0.15) is 31.2 Å². The zero-order valence-corrected chi connectivity index (χ0v) is 9.23. The highest BCUT2D eigenvalue weighted by Gasteiger charge is 2.36. The van der Waals surface area contributed by atoms with Crippen LogP contribution in [-0.4, -0.2) is 11.1 Å². The van der Waals surface area contributed by atoms with E-state index in [0.29, 0.717) is 0 Å². The van der Waals surface area contributed by atoms with Crippen molar-refractivity contribution in [1.29, 1.82) is 0 Å². The maximum absolute atomic E-state index is 10.8. The summed E-state index contributed by atoms with van der Waals surface area (Å²) in [5.41, 5.74) is 1.06. The number of benzene rings is 1. The van der Waals surface area contributed by atoms with E-state index in [9.17, 15) is 4.79 Å². The van der Waals surface area contributed by atoms with Gasteiger partial charge in [-0.05, 0) is 23.8 Å². The quantitative estimate of drug-likeness (QED) is 0.838. The summed E-state index contributed by atoms with van der Waals surface area (Å²) < 4.78 is 0. The Balaban J connectivity index is 2.07. The van der Waals surface area contributed by atoms with Crippen LogP contribution in [0.4, 0.5) is 0 Å². The van der Waals surface area contributed by atoms with Crippen molar-refractivity contribution < 1.29 is 9.90 Å². The van der Waals surface area contributed by atoms with Crippen molar-refractivity contribution >= 4 is 12.0 Å². The minimum Gasteiger partial charge on any atom is -0.481 e. The predicted molar refractivity (Wildman–Crippen MR) is 64.0 cm³/mol. The fraction of sp³-hybridized carbons (Fsp3) is 0.357. The molecule has 0 radical (unpaired) electrons. The SMILES string of the molecule is O=C(O)CC1(/C=C/c2ccccc2)CCC1. The summed E-state index contributed by atoms with van der Waals surface area (Å²) in [6, 6.07) is 10.0. The van der Waals surface area contributed by atoms with E-state index in [1.807, 2.05) is 36.4 Å². The molecule has 0 saturated heterocycles. The third kappa shape index (κ3) is 2.51. The Morgan fingerprint density at radius 1 is 1.31 bits per heavy atom. The Hall–Kier alpha value is -1.57. The van der Waals surface area contributed by atoms with Crippen molar-refractivity contribution in [1.82, 2.24) is 0 Å². The summed E-state index contributed by atoms with van der Waals surface area (Å²) in [7, 11) is 0. The molecular weight excluding hydrogens is 200 g/mol. The fourth-order valence-electron chi connectivity index (χ4n) is 2.17. The predicted octanol–water partition coefficient (Wildman–Crippen LogP) is 3.34. The van der Waals surface area contributed by atoms with E-state index in [1.54, 1.807) is 0 Å². The van der Waals surface area contributed by atoms with Gasteiger partial charge in [0.1, 0.15) is 0 Å². The first kappa shape index (κ1) is 10.9. The van der Waals surface area contributed by atoms with Crippen molar-refractivity contribution in [3.05, 3.63) is 42.0 Å². The Kier molecular flexibility index (Phi) is 3.09. The normalized spacial score (nSPS) is 18.2. The number of hydrogen-bond donors (Lipinski definition) is 1. The third-order valence-corrected chi connectivity index (χ3v) is 3.28. The van der Waals surface area contributed by atoms with Gasteiger partial charge in [-0.3, -0.25) is 4.79 Å². The summed E-state index contributed by atoms with van der Waals surface area (Å²) >= 11 is 0. The second kappa shape index (κ2) is 4.52. The molecule has 0 amide bonds. The van der Waals surface area contributed by atoms with Crippen LogP contribution in [0.2, 0.25) is 0 Å². The van der Waals surface area contributed by atoms with Crippen LogP contribution in [0.3, 0.4) is 0 Å². The maximum atomic E-state index is 10.8. The fourth-order valence-corrected chi connectivity index (χ4v) is 2.17. The average Bonchev–Trinajstić information content (AvgIpc) is 2.23. The molecule has 1 aliphatic rings. The maximum Gasteiger partial charge on any atom is 0.304 e. The molecule has 0 aromatic heterocycles. The van der Waals surface area contributed by atoms with Gasteiger partial charge in [0.2, 0.25) is 0 Å². The number of allylic oxidation sites excluding steroid dienone is 1. The van der Waals surface area contributed by atoms with Gasteiger partial charge in [-0.2, -0.15) is 0 Å². The molecule has 0 aliphatic heterocycles. The second-order valence-corrected chi connectivity index (χ2v) is 4.53. The molecule has 1 aromatic carbocycles. The number of hydrogen-bond acceptors (Lipinski definition) is 1. The molecule has 2 heteroatoms. The highest BCUT2D eigenvalue weighted by atomic mass is 16.4. The minimum atomic E-state index is -0.697. The van der Waals surface area contributed by atoms with Crippen LogP contribution in [0.25, 0.3) is 6.08 Å². The van der Waals surface area contributed by atoms with Gasteiger partial charge in [0.05, 0.1) is 6.42 Å². The second-order valence-electron chi connectivity index (χ2n) is 4.53. The minimum absolute atomic E-state index is 0.0817. The van der Waals surface area contributed by atoms with Gasteiger partial charge >= 0.3 is 5.97 Å². The lowest BCUT2D eigenvalue weighted by molar-refractivity contribution is -0.140. The number of carboxylic acids is 1. The Bertz CT molecular complexity index is 388. The number of carbonyl (C=O) groups is 1. The molecule has 0 bridgehead atoms. The molecule has 16 heavy (non-hydrogen) atoms. The van der Waals surface area contributed by atoms with E-state index in [4.69, 9.17) is 5.11 Å². The molecule has 0 spiro atoms. The van der Waals surface area contributed by atoms with Crippen molar-refractivity contribution in [2.24, 2.45) is 5.41 Å². The van der Waals surface area contributed by atoms with E-state index < -0.39 is 5.97 Å². The monoisotopic (exact) mass is 216 g/mol. The lowest BCUT2D eigenvalue weighted by atomic mass is 9.66. The lowest BCUT2D eigenvalue weighted by Crippen LogP contribution is -2.29. The largest absolute Gasteiger partial charge is 0.481 e. The van der Waals surface area contributed by atoms with E-state index in [-0.39, 0.29) is 11.8 Å². The molecule has 2 rings (SSSR count). The van der Waals surface area contributed by atoms with Crippen LogP contribution < -0.4 is 0 Å². The number of rotatable bonds is 4. The van der Waals surface area contributed by atoms with Crippen molar-refractivity contribution in [2.45, 2.75) is 25.7 Å². The highest BCUT2D eigenvalue weighted by molar-refractivity contribution is 5.69. The molecule has 1 aromatic rings. The van der Waals surface area contributed by atoms with Gasteiger partial charge in [-0.1, -0.05) is 48.9 Å². The zero-order valence-electron chi connectivity index (χ0n) is 9.23. The average molecular weight is 216 g/mol. The van der Waals surface area contributed by atoms with E-state index in [0.717, 1.165) is 24.8 Å².